The molecule has 2 rings (SSSR count). The lowest BCUT2D eigenvalue weighted by molar-refractivity contribution is -0.131. The number of thioether (sulfide) groups is 1. The quantitative estimate of drug-likeness (QED) is 0.847. The Hall–Kier alpha value is -1.49. The summed E-state index contributed by atoms with van der Waals surface area (Å²) in [6.07, 6.45) is 4.51. The zero-order chi connectivity index (χ0) is 13.0. The number of carboxylic acids is 1. The van der Waals surface area contributed by atoms with Crippen LogP contribution in [0.5, 0.6) is 0 Å². The molecule has 0 spiro atoms. The van der Waals surface area contributed by atoms with Gasteiger partial charge in [0.2, 0.25) is 0 Å². The number of hydrogen-bond acceptors (Lipinski definition) is 4. The van der Waals surface area contributed by atoms with Crippen LogP contribution >= 0.6 is 11.8 Å². The topological polar surface area (TPSA) is 53.4 Å². The molecular formula is C13H16N2O2S. The molecule has 0 radical (unpaired) electrons. The summed E-state index contributed by atoms with van der Waals surface area (Å²) in [5.41, 5.74) is 0.860. The van der Waals surface area contributed by atoms with Gasteiger partial charge in [-0.05, 0) is 18.2 Å². The number of carboxylic acid groups (broad SMARTS) is 1. The molecule has 1 N–H and O–H groups in total. The molecule has 1 unspecified atom stereocenters. The molecule has 2 heterocycles. The van der Waals surface area contributed by atoms with Crippen molar-refractivity contribution in [2.24, 2.45) is 0 Å². The monoisotopic (exact) mass is 264 g/mol. The Morgan fingerprint density at radius 2 is 2.50 bits per heavy atom. The van der Waals surface area contributed by atoms with Gasteiger partial charge in [0.05, 0.1) is 0 Å². The molecule has 1 aliphatic rings. The van der Waals surface area contributed by atoms with Gasteiger partial charge in [0.15, 0.2) is 0 Å². The lowest BCUT2D eigenvalue weighted by Crippen LogP contribution is -2.37. The number of carbonyl (C=O) groups is 1. The average molecular weight is 264 g/mol. The van der Waals surface area contributed by atoms with Crippen LogP contribution in [-0.4, -0.2) is 40.2 Å². The second kappa shape index (κ2) is 5.91. The zero-order valence-corrected chi connectivity index (χ0v) is 11.1. The van der Waals surface area contributed by atoms with Gasteiger partial charge in [0.1, 0.15) is 5.82 Å². The van der Waals surface area contributed by atoms with E-state index in [4.69, 9.17) is 5.11 Å². The molecule has 0 aliphatic carbocycles. The molecule has 4 nitrogen and oxygen atoms in total. The highest BCUT2D eigenvalue weighted by molar-refractivity contribution is 8.00. The first-order valence-corrected chi connectivity index (χ1v) is 6.94. The summed E-state index contributed by atoms with van der Waals surface area (Å²) in [4.78, 5) is 17.2. The van der Waals surface area contributed by atoms with Crippen LogP contribution in [-0.2, 0) is 4.79 Å². The van der Waals surface area contributed by atoms with Crippen molar-refractivity contribution < 1.29 is 9.90 Å². The molecule has 5 heteroatoms. The van der Waals surface area contributed by atoms with Gasteiger partial charge >= 0.3 is 5.97 Å². The van der Waals surface area contributed by atoms with E-state index in [0.717, 1.165) is 36.3 Å². The molecule has 0 saturated carbocycles. The molecule has 0 bridgehead atoms. The van der Waals surface area contributed by atoms with Crippen LogP contribution < -0.4 is 4.90 Å². The number of rotatable bonds is 3. The van der Waals surface area contributed by atoms with E-state index in [1.54, 1.807) is 12.3 Å². The summed E-state index contributed by atoms with van der Waals surface area (Å²) >= 11 is 1.96. The van der Waals surface area contributed by atoms with Crippen molar-refractivity contribution in [3.63, 3.8) is 0 Å². The third kappa shape index (κ3) is 3.26. The Kier molecular flexibility index (Phi) is 4.25. The van der Waals surface area contributed by atoms with Crippen molar-refractivity contribution in [3.05, 3.63) is 30.0 Å². The predicted octanol–water partition coefficient (Wildman–Crippen LogP) is 2.12. The van der Waals surface area contributed by atoms with Crippen molar-refractivity contribution in [1.29, 1.82) is 0 Å². The summed E-state index contributed by atoms with van der Waals surface area (Å²) in [5, 5.41) is 9.27. The van der Waals surface area contributed by atoms with Crippen LogP contribution in [0.3, 0.4) is 0 Å². The van der Waals surface area contributed by atoms with Crippen LogP contribution in [0.4, 0.5) is 5.82 Å². The minimum Gasteiger partial charge on any atom is -0.478 e. The summed E-state index contributed by atoms with van der Waals surface area (Å²) in [6, 6.07) is 3.72. The largest absolute Gasteiger partial charge is 0.478 e. The summed E-state index contributed by atoms with van der Waals surface area (Å²) in [6.45, 7) is 4.11. The van der Waals surface area contributed by atoms with Gasteiger partial charge in [-0.25, -0.2) is 9.78 Å². The summed E-state index contributed by atoms with van der Waals surface area (Å²) < 4.78 is 0. The van der Waals surface area contributed by atoms with Gasteiger partial charge in [0.25, 0.3) is 0 Å². The lowest BCUT2D eigenvalue weighted by atomic mass is 10.2. The van der Waals surface area contributed by atoms with Crippen molar-refractivity contribution in [2.45, 2.75) is 12.2 Å². The fraction of sp³-hybridized carbons (Fsp3) is 0.385. The van der Waals surface area contributed by atoms with E-state index in [0.29, 0.717) is 5.25 Å². The smallest absolute Gasteiger partial charge is 0.328 e. The molecule has 1 saturated heterocycles. The summed E-state index contributed by atoms with van der Waals surface area (Å²) in [7, 11) is 0. The highest BCUT2D eigenvalue weighted by Crippen LogP contribution is 2.25. The lowest BCUT2D eigenvalue weighted by Gasteiger charge is -2.32. The molecule has 1 aromatic heterocycles. The Balaban J connectivity index is 2.23. The number of hydrogen-bond donors (Lipinski definition) is 1. The number of pyridine rings is 1. The minimum atomic E-state index is -0.938. The Labute approximate surface area is 111 Å². The second-order valence-electron chi connectivity index (χ2n) is 4.22. The average Bonchev–Trinajstić information content (AvgIpc) is 2.36. The predicted molar refractivity (Wildman–Crippen MR) is 75.0 cm³/mol. The van der Waals surface area contributed by atoms with Crippen LogP contribution in [0.2, 0.25) is 0 Å². The van der Waals surface area contributed by atoms with Crippen LogP contribution in [0.15, 0.2) is 24.4 Å². The van der Waals surface area contributed by atoms with Crippen molar-refractivity contribution in [1.82, 2.24) is 4.98 Å². The van der Waals surface area contributed by atoms with E-state index in [2.05, 4.69) is 16.8 Å². The molecule has 96 valence electrons. The SMILES string of the molecule is CC1CN(c2ncccc2/C=C/C(=O)O)CCS1. The normalized spacial score (nSPS) is 20.3. The van der Waals surface area contributed by atoms with Gasteiger partial charge in [-0.1, -0.05) is 6.92 Å². The van der Waals surface area contributed by atoms with E-state index in [9.17, 15) is 4.79 Å². The number of aliphatic carboxylic acids is 1. The van der Waals surface area contributed by atoms with Gasteiger partial charge in [-0.2, -0.15) is 11.8 Å². The third-order valence-corrected chi connectivity index (χ3v) is 3.90. The zero-order valence-electron chi connectivity index (χ0n) is 10.2. The Morgan fingerprint density at radius 3 is 3.22 bits per heavy atom. The minimum absolute atomic E-state index is 0.581. The third-order valence-electron chi connectivity index (χ3n) is 2.76. The first kappa shape index (κ1) is 13.0. The first-order valence-electron chi connectivity index (χ1n) is 5.89. The number of anilines is 1. The molecule has 1 fully saturated rings. The second-order valence-corrected chi connectivity index (χ2v) is 5.76. The highest BCUT2D eigenvalue weighted by Gasteiger charge is 2.19. The Bertz CT molecular complexity index is 462. The molecule has 0 aromatic carbocycles. The number of aromatic nitrogens is 1. The van der Waals surface area contributed by atoms with Crippen molar-refractivity contribution in [2.75, 3.05) is 23.7 Å². The van der Waals surface area contributed by atoms with Crippen LogP contribution in [0.1, 0.15) is 12.5 Å². The van der Waals surface area contributed by atoms with E-state index in [1.165, 1.54) is 0 Å². The molecule has 1 atom stereocenters. The fourth-order valence-corrected chi connectivity index (χ4v) is 2.99. The van der Waals surface area contributed by atoms with Crippen LogP contribution in [0.25, 0.3) is 6.08 Å². The van der Waals surface area contributed by atoms with Crippen molar-refractivity contribution >= 4 is 29.6 Å². The maximum Gasteiger partial charge on any atom is 0.328 e. The molecule has 1 aliphatic heterocycles. The van der Waals surface area contributed by atoms with Crippen molar-refractivity contribution in [3.8, 4) is 0 Å². The fourth-order valence-electron chi connectivity index (χ4n) is 1.98. The molecule has 1 aromatic rings. The van der Waals surface area contributed by atoms with E-state index in [-0.39, 0.29) is 0 Å². The molecular weight excluding hydrogens is 248 g/mol. The highest BCUT2D eigenvalue weighted by atomic mass is 32.2. The van der Waals surface area contributed by atoms with Gasteiger partial charge in [0, 0.05) is 41.9 Å². The van der Waals surface area contributed by atoms with Gasteiger partial charge in [-0.15, -0.1) is 0 Å². The van der Waals surface area contributed by atoms with E-state index in [1.807, 2.05) is 23.9 Å². The maximum absolute atomic E-state index is 10.6. The standard InChI is InChI=1S/C13H16N2O2S/c1-10-9-15(7-8-18-10)13-11(3-2-6-14-13)4-5-12(16)17/h2-6,10H,7-9H2,1H3,(H,16,17)/b5-4+. The summed E-state index contributed by atoms with van der Waals surface area (Å²) in [5.74, 6) is 1.02. The van der Waals surface area contributed by atoms with E-state index < -0.39 is 5.97 Å². The molecule has 0 amide bonds. The van der Waals surface area contributed by atoms with Gasteiger partial charge < -0.3 is 10.0 Å². The van der Waals surface area contributed by atoms with Gasteiger partial charge in [-0.3, -0.25) is 0 Å². The van der Waals surface area contributed by atoms with Crippen LogP contribution in [0, 0.1) is 0 Å². The molecule has 18 heavy (non-hydrogen) atoms. The van der Waals surface area contributed by atoms with E-state index >= 15 is 0 Å². The first-order chi connectivity index (χ1) is 8.66. The Morgan fingerprint density at radius 1 is 1.67 bits per heavy atom. The maximum atomic E-state index is 10.6. The number of nitrogens with zero attached hydrogens (tertiary/aromatic N) is 2.